The highest BCUT2D eigenvalue weighted by molar-refractivity contribution is 5.87. The standard InChI is InChI=1S/C26H33F3O5/c27-26(28,29)21-8-5-6-16-10-11-17(14-20(16)21)22(30)13-12-19-18(23(31)15-24(19)32)7-3-1-2-4-9-25(33)34/h5-6,8,10-11,14,18-19,22-24,30-32H,1-4,7,9,12-13,15H2,(H,33,34). The second kappa shape index (κ2) is 11.5. The summed E-state index contributed by atoms with van der Waals surface area (Å²) in [4.78, 5) is 10.6. The van der Waals surface area contributed by atoms with E-state index < -0.39 is 36.0 Å². The van der Waals surface area contributed by atoms with Gasteiger partial charge in [-0.15, -0.1) is 0 Å². The number of carbonyl (C=O) groups is 1. The highest BCUT2D eigenvalue weighted by Gasteiger charge is 2.41. The number of unbranched alkanes of at least 4 members (excludes halogenated alkanes) is 3. The molecule has 1 saturated carbocycles. The van der Waals surface area contributed by atoms with Crippen molar-refractivity contribution in [2.45, 2.75) is 82.3 Å². The molecule has 4 N–H and O–H groups in total. The van der Waals surface area contributed by atoms with Gasteiger partial charge >= 0.3 is 12.1 Å². The molecular weight excluding hydrogens is 449 g/mol. The summed E-state index contributed by atoms with van der Waals surface area (Å²) in [5.41, 5.74) is -0.343. The van der Waals surface area contributed by atoms with Gasteiger partial charge in [-0.3, -0.25) is 4.79 Å². The molecule has 0 aliphatic heterocycles. The molecule has 0 amide bonds. The van der Waals surface area contributed by atoms with Crippen LogP contribution in [0.5, 0.6) is 0 Å². The van der Waals surface area contributed by atoms with Gasteiger partial charge in [0.25, 0.3) is 0 Å². The third kappa shape index (κ3) is 6.71. The number of carboxylic acid groups (broad SMARTS) is 1. The molecule has 34 heavy (non-hydrogen) atoms. The van der Waals surface area contributed by atoms with Crippen LogP contribution in [0, 0.1) is 11.8 Å². The molecule has 8 heteroatoms. The van der Waals surface area contributed by atoms with E-state index in [9.17, 15) is 33.3 Å². The Morgan fingerprint density at radius 2 is 1.65 bits per heavy atom. The first kappa shape index (κ1) is 26.4. The lowest BCUT2D eigenvalue weighted by atomic mass is 9.84. The normalized spacial score (nSPS) is 23.9. The van der Waals surface area contributed by atoms with Crippen LogP contribution in [0.1, 0.15) is 75.0 Å². The van der Waals surface area contributed by atoms with Gasteiger partial charge in [-0.2, -0.15) is 13.2 Å². The van der Waals surface area contributed by atoms with Gasteiger partial charge in [-0.1, -0.05) is 43.5 Å². The summed E-state index contributed by atoms with van der Waals surface area (Å²) >= 11 is 0. The van der Waals surface area contributed by atoms with E-state index in [-0.39, 0.29) is 36.5 Å². The van der Waals surface area contributed by atoms with Gasteiger partial charge in [0.2, 0.25) is 0 Å². The minimum absolute atomic E-state index is 0.0450. The molecular formula is C26H33F3O5. The Morgan fingerprint density at radius 3 is 2.32 bits per heavy atom. The third-order valence-corrected chi connectivity index (χ3v) is 7.07. The lowest BCUT2D eigenvalue weighted by Gasteiger charge is -2.25. The molecule has 188 valence electrons. The summed E-state index contributed by atoms with van der Waals surface area (Å²) < 4.78 is 40.2. The Labute approximate surface area is 197 Å². The second-order valence-corrected chi connectivity index (χ2v) is 9.42. The molecule has 5 atom stereocenters. The summed E-state index contributed by atoms with van der Waals surface area (Å²) in [5, 5.41) is 40.8. The molecule has 5 nitrogen and oxygen atoms in total. The Kier molecular flexibility index (Phi) is 8.95. The molecule has 0 aromatic heterocycles. The predicted molar refractivity (Wildman–Crippen MR) is 122 cm³/mol. The number of aliphatic carboxylic acids is 1. The molecule has 1 aliphatic rings. The minimum Gasteiger partial charge on any atom is -0.481 e. The van der Waals surface area contributed by atoms with Crippen LogP contribution in [0.4, 0.5) is 13.2 Å². The molecule has 2 aromatic carbocycles. The van der Waals surface area contributed by atoms with Crippen LogP contribution in [-0.4, -0.2) is 38.6 Å². The van der Waals surface area contributed by atoms with Gasteiger partial charge in [0.1, 0.15) is 0 Å². The summed E-state index contributed by atoms with van der Waals surface area (Å²) in [6, 6.07) is 8.58. The lowest BCUT2D eigenvalue weighted by Crippen LogP contribution is -2.23. The fourth-order valence-electron chi connectivity index (χ4n) is 5.25. The van der Waals surface area contributed by atoms with Crippen molar-refractivity contribution in [1.29, 1.82) is 0 Å². The third-order valence-electron chi connectivity index (χ3n) is 7.07. The Balaban J connectivity index is 1.60. The fourth-order valence-corrected chi connectivity index (χ4v) is 5.25. The number of alkyl halides is 3. The number of carboxylic acids is 1. The van der Waals surface area contributed by atoms with Crippen LogP contribution >= 0.6 is 0 Å². The quantitative estimate of drug-likeness (QED) is 0.319. The van der Waals surface area contributed by atoms with Crippen molar-refractivity contribution in [3.63, 3.8) is 0 Å². The van der Waals surface area contributed by atoms with Crippen LogP contribution in [0.15, 0.2) is 36.4 Å². The molecule has 0 heterocycles. The van der Waals surface area contributed by atoms with Crippen molar-refractivity contribution in [2.24, 2.45) is 11.8 Å². The van der Waals surface area contributed by atoms with Crippen LogP contribution < -0.4 is 0 Å². The SMILES string of the molecule is O=C(O)CCCCCCC1C(O)CC(O)C1CCC(O)c1ccc2cccc(C(F)(F)F)c2c1. The van der Waals surface area contributed by atoms with Crippen molar-refractivity contribution in [3.8, 4) is 0 Å². The van der Waals surface area contributed by atoms with Crippen molar-refractivity contribution >= 4 is 16.7 Å². The number of halogens is 3. The molecule has 0 saturated heterocycles. The van der Waals surface area contributed by atoms with E-state index in [1.54, 1.807) is 18.2 Å². The van der Waals surface area contributed by atoms with Crippen LogP contribution in [0.25, 0.3) is 10.8 Å². The van der Waals surface area contributed by atoms with Crippen LogP contribution in [-0.2, 0) is 11.0 Å². The largest absolute Gasteiger partial charge is 0.481 e. The maximum atomic E-state index is 13.4. The smallest absolute Gasteiger partial charge is 0.417 e. The van der Waals surface area contributed by atoms with E-state index >= 15 is 0 Å². The molecule has 0 spiro atoms. The van der Waals surface area contributed by atoms with E-state index in [1.807, 2.05) is 0 Å². The van der Waals surface area contributed by atoms with Gasteiger partial charge in [0.05, 0.1) is 23.9 Å². The van der Waals surface area contributed by atoms with E-state index in [4.69, 9.17) is 5.11 Å². The highest BCUT2D eigenvalue weighted by atomic mass is 19.4. The second-order valence-electron chi connectivity index (χ2n) is 9.42. The molecule has 3 rings (SSSR count). The number of aliphatic hydroxyl groups is 3. The lowest BCUT2D eigenvalue weighted by molar-refractivity contribution is -0.137. The first-order valence-corrected chi connectivity index (χ1v) is 11.9. The van der Waals surface area contributed by atoms with Gasteiger partial charge < -0.3 is 20.4 Å². The van der Waals surface area contributed by atoms with Crippen molar-refractivity contribution in [3.05, 3.63) is 47.5 Å². The Bertz CT molecular complexity index is 961. The maximum absolute atomic E-state index is 13.4. The predicted octanol–water partition coefficient (Wildman–Crippen LogP) is 5.46. The Morgan fingerprint density at radius 1 is 0.971 bits per heavy atom. The number of benzene rings is 2. The average molecular weight is 483 g/mol. The van der Waals surface area contributed by atoms with Gasteiger partial charge in [0.15, 0.2) is 0 Å². The van der Waals surface area contributed by atoms with Gasteiger partial charge in [-0.25, -0.2) is 0 Å². The highest BCUT2D eigenvalue weighted by Crippen LogP contribution is 2.41. The fraction of sp³-hybridized carbons (Fsp3) is 0.577. The number of fused-ring (bicyclic) bond motifs is 1. The van der Waals surface area contributed by atoms with Crippen LogP contribution in [0.3, 0.4) is 0 Å². The molecule has 0 bridgehead atoms. The molecule has 0 radical (unpaired) electrons. The summed E-state index contributed by atoms with van der Waals surface area (Å²) in [6.45, 7) is 0. The van der Waals surface area contributed by atoms with Crippen LogP contribution in [0.2, 0.25) is 0 Å². The van der Waals surface area contributed by atoms with E-state index in [0.29, 0.717) is 30.2 Å². The zero-order valence-corrected chi connectivity index (χ0v) is 19.0. The van der Waals surface area contributed by atoms with E-state index in [1.165, 1.54) is 12.1 Å². The first-order valence-electron chi connectivity index (χ1n) is 11.9. The first-order chi connectivity index (χ1) is 16.1. The number of aliphatic hydroxyl groups excluding tert-OH is 3. The monoisotopic (exact) mass is 482 g/mol. The minimum atomic E-state index is -4.49. The summed E-state index contributed by atoms with van der Waals surface area (Å²) in [6.07, 6.45) is -1.88. The van der Waals surface area contributed by atoms with Crippen molar-refractivity contribution < 1.29 is 38.4 Å². The number of hydrogen-bond donors (Lipinski definition) is 4. The summed E-state index contributed by atoms with van der Waals surface area (Å²) in [7, 11) is 0. The van der Waals surface area contributed by atoms with Gasteiger partial charge in [-0.05, 0) is 72.4 Å². The van der Waals surface area contributed by atoms with Crippen molar-refractivity contribution in [1.82, 2.24) is 0 Å². The van der Waals surface area contributed by atoms with E-state index in [2.05, 4.69) is 0 Å². The van der Waals surface area contributed by atoms with E-state index in [0.717, 1.165) is 25.3 Å². The molecule has 2 aromatic rings. The molecule has 1 aliphatic carbocycles. The summed E-state index contributed by atoms with van der Waals surface area (Å²) in [5.74, 6) is -1.13. The average Bonchev–Trinajstić information content (AvgIpc) is 3.04. The zero-order chi connectivity index (χ0) is 24.9. The topological polar surface area (TPSA) is 98.0 Å². The maximum Gasteiger partial charge on any atom is 0.417 e. The molecule has 1 fully saturated rings. The zero-order valence-electron chi connectivity index (χ0n) is 19.0. The Hall–Kier alpha value is -2.16. The van der Waals surface area contributed by atoms with Gasteiger partial charge in [0, 0.05) is 6.42 Å². The van der Waals surface area contributed by atoms with Crippen molar-refractivity contribution in [2.75, 3.05) is 0 Å². The number of rotatable bonds is 11. The number of hydrogen-bond acceptors (Lipinski definition) is 4. The molecule has 5 unspecified atom stereocenters.